The molecule has 0 amide bonds. The second kappa shape index (κ2) is 22.8. The van der Waals surface area contributed by atoms with Crippen LogP contribution < -0.4 is 24.3 Å². The van der Waals surface area contributed by atoms with E-state index in [4.69, 9.17) is 18.9 Å². The maximum Gasteiger partial charge on any atom is 0.416 e. The second-order valence-corrected chi connectivity index (χ2v) is 21.0. The topological polar surface area (TPSA) is 36.9 Å². The first-order valence-electron chi connectivity index (χ1n) is 26.7. The van der Waals surface area contributed by atoms with E-state index in [1.165, 1.54) is 60.7 Å². The van der Waals surface area contributed by atoms with Crippen LogP contribution in [-0.2, 0) is 24.7 Å². The van der Waals surface area contributed by atoms with Gasteiger partial charge >= 0.3 is 24.7 Å². The Balaban J connectivity index is 1.18. The number of rotatable bonds is 12. The first-order chi connectivity index (χ1) is 41.9. The van der Waals surface area contributed by atoms with Crippen molar-refractivity contribution in [2.75, 3.05) is 0 Å². The Hall–Kier alpha value is -9.86. The third-order valence-corrected chi connectivity index (χ3v) is 15.0. The van der Waals surface area contributed by atoms with Gasteiger partial charge in [0, 0.05) is 0 Å². The van der Waals surface area contributed by atoms with E-state index in [1.807, 2.05) is 24.3 Å². The summed E-state index contributed by atoms with van der Waals surface area (Å²) in [6.45, 7) is 0. The monoisotopic (exact) mass is 1220 g/mol. The van der Waals surface area contributed by atoms with Crippen LogP contribution in [0.5, 0.6) is 46.0 Å². The SMILES string of the molecule is Fc1ccc(-c2c3cc(Oc4ccc(C(F)(F)F)cc4)ccc3c(-c3ccc(Oc4ccc(C(F)(F)F)cc4)cc3)c3c(-c4ccc(P)cc4)c4cc(Oc5ccc(C(F)(F)F)cc5)ccc4c(-c4ccc(Oc5ccc(C(F)(F)F)cc5)cc4)c23)cc1. The highest BCUT2D eigenvalue weighted by atomic mass is 31.0. The molecule has 0 aliphatic rings. The zero-order valence-corrected chi connectivity index (χ0v) is 46.2. The molecule has 1 atom stereocenters. The molecule has 88 heavy (non-hydrogen) atoms. The summed E-state index contributed by atoms with van der Waals surface area (Å²) in [4.78, 5) is 0. The Morgan fingerprint density at radius 3 is 0.727 bits per heavy atom. The zero-order chi connectivity index (χ0) is 61.9. The smallest absolute Gasteiger partial charge is 0.416 e. The van der Waals surface area contributed by atoms with Crippen molar-refractivity contribution in [1.82, 2.24) is 0 Å². The molecule has 0 saturated carbocycles. The summed E-state index contributed by atoms with van der Waals surface area (Å²) < 4.78 is 204. The average Bonchev–Trinajstić information content (AvgIpc) is 0.704. The van der Waals surface area contributed by atoms with E-state index in [1.54, 1.807) is 97.1 Å². The lowest BCUT2D eigenvalue weighted by Crippen LogP contribution is -2.04. The van der Waals surface area contributed by atoms with E-state index in [9.17, 15) is 52.7 Å². The lowest BCUT2D eigenvalue weighted by molar-refractivity contribution is -0.138. The van der Waals surface area contributed by atoms with Crippen molar-refractivity contribution in [2.24, 2.45) is 0 Å². The fourth-order valence-electron chi connectivity index (χ4n) is 10.5. The zero-order valence-electron chi connectivity index (χ0n) is 45.1. The van der Waals surface area contributed by atoms with E-state index >= 15 is 4.39 Å². The highest BCUT2D eigenvalue weighted by molar-refractivity contribution is 7.27. The Morgan fingerprint density at radius 1 is 0.239 bits per heavy atom. The van der Waals surface area contributed by atoms with Crippen molar-refractivity contribution in [1.29, 1.82) is 0 Å². The van der Waals surface area contributed by atoms with Crippen LogP contribution in [0.2, 0.25) is 0 Å². The molecule has 0 N–H and O–H groups in total. The molecule has 0 aliphatic heterocycles. The molecule has 0 aromatic heterocycles. The number of alkyl halides is 12. The maximum atomic E-state index is 15.3. The normalized spacial score (nSPS) is 12.2. The maximum absolute atomic E-state index is 15.3. The Morgan fingerprint density at radius 2 is 0.455 bits per heavy atom. The summed E-state index contributed by atoms with van der Waals surface area (Å²) in [6.07, 6.45) is -18.4. The molecule has 0 fully saturated rings. The molecule has 0 aliphatic carbocycles. The molecule has 12 aromatic carbocycles. The van der Waals surface area contributed by atoms with Crippen molar-refractivity contribution >= 4 is 46.9 Å². The molecule has 18 heteroatoms. The Bertz CT molecular complexity index is 4250. The predicted octanol–water partition coefficient (Wildman–Crippen LogP) is 22.7. The van der Waals surface area contributed by atoms with E-state index in [0.29, 0.717) is 76.8 Å². The molecule has 12 aromatic rings. The van der Waals surface area contributed by atoms with E-state index in [-0.39, 0.29) is 46.0 Å². The standard InChI is InChI=1S/C70H40F13O4P/c71-47-17-1-39(2-18-47)63-59-37-54(86-52-27-13-45(14-28-52)69(78,79)80)31-35-57(59)62(41-5-21-49(22-6-41)85-51-25-11-44(12-26-51)68(75,76)77)66-64(42-7-33-56(88)34-8-42)60-38-55(87-53-29-15-46(16-30-53)70(81,82)83)32-36-58(60)61(65(63)66)40-3-19-48(20-4-40)84-50-23-9-43(10-24-50)67(72,73)74/h1-38H,88H2. The van der Waals surface area contributed by atoms with Crippen LogP contribution >= 0.6 is 9.24 Å². The molecule has 0 radical (unpaired) electrons. The lowest BCUT2D eigenvalue weighted by atomic mass is 9.77. The first kappa shape index (κ1) is 58.5. The van der Waals surface area contributed by atoms with Gasteiger partial charge in [-0.05, 0) is 240 Å². The molecular formula is C70H40F13O4P. The molecule has 4 nitrogen and oxygen atoms in total. The van der Waals surface area contributed by atoms with Gasteiger partial charge in [0.2, 0.25) is 0 Å². The van der Waals surface area contributed by atoms with Gasteiger partial charge < -0.3 is 18.9 Å². The summed E-state index contributed by atoms with van der Waals surface area (Å²) in [7, 11) is 2.65. The minimum Gasteiger partial charge on any atom is -0.457 e. The van der Waals surface area contributed by atoms with Crippen molar-refractivity contribution in [3.63, 3.8) is 0 Å². The molecule has 1 unspecified atom stereocenters. The van der Waals surface area contributed by atoms with Crippen molar-refractivity contribution in [3.8, 4) is 90.5 Å². The number of ether oxygens (including phenoxy) is 4. The van der Waals surface area contributed by atoms with Crippen LogP contribution in [0, 0.1) is 5.82 Å². The number of hydrogen-bond acceptors (Lipinski definition) is 4. The van der Waals surface area contributed by atoms with E-state index in [0.717, 1.165) is 53.8 Å². The van der Waals surface area contributed by atoms with Crippen LogP contribution in [0.25, 0.3) is 76.8 Å². The molecule has 0 heterocycles. The van der Waals surface area contributed by atoms with Gasteiger partial charge in [-0.1, -0.05) is 72.8 Å². The van der Waals surface area contributed by atoms with Gasteiger partial charge in [-0.2, -0.15) is 52.7 Å². The van der Waals surface area contributed by atoms with Gasteiger partial charge in [0.1, 0.15) is 51.8 Å². The Kier molecular flexibility index (Phi) is 15.1. The summed E-state index contributed by atoms with van der Waals surface area (Å²) in [5.74, 6) is 0.716. The molecular weight excluding hydrogens is 1180 g/mol. The number of halogens is 13. The van der Waals surface area contributed by atoms with Gasteiger partial charge in [0.05, 0.1) is 22.3 Å². The van der Waals surface area contributed by atoms with Crippen LogP contribution in [0.3, 0.4) is 0 Å². The summed E-state index contributed by atoms with van der Waals surface area (Å²) in [6, 6.07) is 53.9. The van der Waals surface area contributed by atoms with Crippen molar-refractivity contribution in [3.05, 3.63) is 259 Å². The quantitative estimate of drug-likeness (QED) is 0.0694. The van der Waals surface area contributed by atoms with Gasteiger partial charge in [-0.15, -0.1) is 9.24 Å². The number of hydrogen-bond donors (Lipinski definition) is 0. The minimum atomic E-state index is -4.63. The predicted molar refractivity (Wildman–Crippen MR) is 316 cm³/mol. The van der Waals surface area contributed by atoms with Crippen LogP contribution in [-0.4, -0.2) is 0 Å². The van der Waals surface area contributed by atoms with Crippen LogP contribution in [0.1, 0.15) is 22.3 Å². The first-order valence-corrected chi connectivity index (χ1v) is 27.3. The minimum absolute atomic E-state index is 0.0692. The Labute approximate surface area is 494 Å². The van der Waals surface area contributed by atoms with Crippen molar-refractivity contribution in [2.45, 2.75) is 24.7 Å². The summed E-state index contributed by atoms with van der Waals surface area (Å²) >= 11 is 0. The van der Waals surface area contributed by atoms with E-state index in [2.05, 4.69) is 9.24 Å². The molecule has 440 valence electrons. The van der Waals surface area contributed by atoms with E-state index < -0.39 is 52.8 Å². The largest absolute Gasteiger partial charge is 0.457 e. The van der Waals surface area contributed by atoms with Crippen molar-refractivity contribution < 1.29 is 76.0 Å². The van der Waals surface area contributed by atoms with Gasteiger partial charge in [0.25, 0.3) is 0 Å². The highest BCUT2D eigenvalue weighted by Crippen LogP contribution is 2.55. The lowest BCUT2D eigenvalue weighted by Gasteiger charge is -2.26. The summed E-state index contributed by atoms with van der Waals surface area (Å²) in [5.41, 5.74) is 0.970. The fraction of sp³-hybridized carbons (Fsp3) is 0.0571. The summed E-state index contributed by atoms with van der Waals surface area (Å²) in [5, 5.41) is 4.16. The highest BCUT2D eigenvalue weighted by Gasteiger charge is 2.34. The van der Waals surface area contributed by atoms with Gasteiger partial charge in [0.15, 0.2) is 0 Å². The fourth-order valence-corrected chi connectivity index (χ4v) is 10.7. The van der Waals surface area contributed by atoms with Gasteiger partial charge in [-0.25, -0.2) is 4.39 Å². The van der Waals surface area contributed by atoms with Crippen LogP contribution in [0.4, 0.5) is 57.1 Å². The number of benzene rings is 12. The average molecular weight is 1220 g/mol. The third-order valence-electron chi connectivity index (χ3n) is 14.6. The molecule has 0 spiro atoms. The molecule has 12 rings (SSSR count). The van der Waals surface area contributed by atoms with Gasteiger partial charge in [-0.3, -0.25) is 0 Å². The van der Waals surface area contributed by atoms with Crippen LogP contribution in [0.15, 0.2) is 231 Å². The molecule has 0 saturated heterocycles. The molecule has 0 bridgehead atoms. The third kappa shape index (κ3) is 12.1. The number of fused-ring (bicyclic) bond motifs is 3. The second-order valence-electron chi connectivity index (χ2n) is 20.3.